The summed E-state index contributed by atoms with van der Waals surface area (Å²) < 4.78 is 15.6. The largest absolute Gasteiger partial charge is 0.494 e. The number of hydrazine groups is 1. The fraction of sp³-hybridized carbons (Fsp3) is 0.312. The summed E-state index contributed by atoms with van der Waals surface area (Å²) in [4.78, 5) is 23.7. The first-order valence-electron chi connectivity index (χ1n) is 7.42. The molecule has 1 heterocycles. The molecule has 2 rings (SSSR count). The average Bonchev–Trinajstić information content (AvgIpc) is 3.01. The lowest BCUT2D eigenvalue weighted by atomic mass is 10.3. The van der Waals surface area contributed by atoms with Crippen molar-refractivity contribution < 1.29 is 23.6 Å². The molecule has 0 spiro atoms. The molecule has 0 aliphatic heterocycles. The van der Waals surface area contributed by atoms with Crippen LogP contribution in [0.15, 0.2) is 34.9 Å². The molecule has 0 aliphatic rings. The number of ether oxygens (including phenoxy) is 2. The van der Waals surface area contributed by atoms with E-state index in [0.717, 1.165) is 5.75 Å². The van der Waals surface area contributed by atoms with Crippen LogP contribution in [0.3, 0.4) is 0 Å². The molecular formula is C16H19N3O5. The van der Waals surface area contributed by atoms with E-state index in [1.54, 1.807) is 38.1 Å². The molecule has 2 amide bonds. The molecule has 1 unspecified atom stereocenters. The summed E-state index contributed by atoms with van der Waals surface area (Å²) in [6.07, 6.45) is -0.803. The summed E-state index contributed by atoms with van der Waals surface area (Å²) in [5.74, 6) is 0.654. The molecule has 1 aromatic carbocycles. The molecule has 8 nitrogen and oxygen atoms in total. The van der Waals surface area contributed by atoms with Gasteiger partial charge in [0.2, 0.25) is 0 Å². The number of benzene rings is 1. The van der Waals surface area contributed by atoms with Gasteiger partial charge in [0.15, 0.2) is 11.8 Å². The van der Waals surface area contributed by atoms with E-state index in [2.05, 4.69) is 16.0 Å². The molecule has 0 fully saturated rings. The van der Waals surface area contributed by atoms with E-state index < -0.39 is 17.9 Å². The zero-order valence-corrected chi connectivity index (χ0v) is 13.7. The molecule has 0 saturated carbocycles. The van der Waals surface area contributed by atoms with Gasteiger partial charge in [0, 0.05) is 6.07 Å². The topological polar surface area (TPSA) is 103 Å². The number of rotatable bonds is 6. The predicted octanol–water partition coefficient (Wildman–Crippen LogP) is 1.61. The van der Waals surface area contributed by atoms with Crippen LogP contribution in [0.5, 0.6) is 11.5 Å². The number of amides is 2. The third-order valence-corrected chi connectivity index (χ3v) is 2.98. The Morgan fingerprint density at radius 2 is 1.88 bits per heavy atom. The SMILES string of the molecule is CCOc1ccc(OC(C)C(=O)NNC(=O)c2cc(C)on2)cc1. The Balaban J connectivity index is 1.82. The van der Waals surface area contributed by atoms with Gasteiger partial charge in [-0.2, -0.15) is 0 Å². The van der Waals surface area contributed by atoms with Crippen LogP contribution < -0.4 is 20.3 Å². The summed E-state index contributed by atoms with van der Waals surface area (Å²) in [6, 6.07) is 8.36. The van der Waals surface area contributed by atoms with Gasteiger partial charge in [-0.1, -0.05) is 5.16 Å². The van der Waals surface area contributed by atoms with Crippen LogP contribution in [0, 0.1) is 6.92 Å². The van der Waals surface area contributed by atoms with Crippen molar-refractivity contribution in [3.63, 3.8) is 0 Å². The first-order valence-corrected chi connectivity index (χ1v) is 7.42. The number of aromatic nitrogens is 1. The lowest BCUT2D eigenvalue weighted by molar-refractivity contribution is -0.128. The lowest BCUT2D eigenvalue weighted by Gasteiger charge is -2.15. The Hall–Kier alpha value is -3.03. The third kappa shape index (κ3) is 4.73. The molecule has 1 atom stereocenters. The molecular weight excluding hydrogens is 314 g/mol. The summed E-state index contributed by atoms with van der Waals surface area (Å²) in [5, 5.41) is 3.55. The number of hydrogen-bond donors (Lipinski definition) is 2. The molecule has 128 valence electrons. The first kappa shape index (κ1) is 17.3. The van der Waals surface area contributed by atoms with Crippen LogP contribution in [0.25, 0.3) is 0 Å². The van der Waals surface area contributed by atoms with Gasteiger partial charge < -0.3 is 14.0 Å². The second kappa shape index (κ2) is 8.00. The highest BCUT2D eigenvalue weighted by Crippen LogP contribution is 2.18. The van der Waals surface area contributed by atoms with E-state index in [1.807, 2.05) is 6.92 Å². The number of aryl methyl sites for hydroxylation is 1. The monoisotopic (exact) mass is 333 g/mol. The van der Waals surface area contributed by atoms with Crippen LogP contribution in [-0.2, 0) is 4.79 Å². The minimum Gasteiger partial charge on any atom is -0.494 e. The summed E-state index contributed by atoms with van der Waals surface area (Å²) >= 11 is 0. The summed E-state index contributed by atoms with van der Waals surface area (Å²) in [6.45, 7) is 5.70. The molecule has 2 aromatic rings. The number of carbonyl (C=O) groups excluding carboxylic acids is 2. The second-order valence-corrected chi connectivity index (χ2v) is 4.93. The van der Waals surface area contributed by atoms with E-state index in [0.29, 0.717) is 18.1 Å². The highest BCUT2D eigenvalue weighted by Gasteiger charge is 2.17. The van der Waals surface area contributed by atoms with Crippen molar-refractivity contribution in [1.82, 2.24) is 16.0 Å². The van der Waals surface area contributed by atoms with Gasteiger partial charge in [-0.25, -0.2) is 0 Å². The summed E-state index contributed by atoms with van der Waals surface area (Å²) in [7, 11) is 0. The standard InChI is InChI=1S/C16H19N3O5/c1-4-22-12-5-7-13(8-6-12)23-11(3)15(20)17-18-16(21)14-9-10(2)24-19-14/h5-9,11H,4H2,1-3H3,(H,17,20)(H,18,21). The smallest absolute Gasteiger partial charge is 0.291 e. The molecule has 1 aromatic heterocycles. The normalized spacial score (nSPS) is 11.5. The zero-order valence-electron chi connectivity index (χ0n) is 13.7. The van der Waals surface area contributed by atoms with Crippen LogP contribution >= 0.6 is 0 Å². The first-order chi connectivity index (χ1) is 11.5. The Morgan fingerprint density at radius 1 is 1.21 bits per heavy atom. The molecule has 0 aliphatic carbocycles. The van der Waals surface area contributed by atoms with Crippen molar-refractivity contribution in [2.24, 2.45) is 0 Å². The van der Waals surface area contributed by atoms with Gasteiger partial charge in [-0.15, -0.1) is 0 Å². The zero-order chi connectivity index (χ0) is 17.5. The minimum absolute atomic E-state index is 0.0767. The van der Waals surface area contributed by atoms with Crippen molar-refractivity contribution in [3.05, 3.63) is 41.8 Å². The van der Waals surface area contributed by atoms with Crippen molar-refractivity contribution in [2.45, 2.75) is 26.9 Å². The Morgan fingerprint density at radius 3 is 2.46 bits per heavy atom. The Kier molecular flexibility index (Phi) is 5.78. The van der Waals surface area contributed by atoms with Crippen molar-refractivity contribution in [3.8, 4) is 11.5 Å². The maximum atomic E-state index is 11.9. The van der Waals surface area contributed by atoms with E-state index in [4.69, 9.17) is 14.0 Å². The third-order valence-electron chi connectivity index (χ3n) is 2.98. The fourth-order valence-electron chi connectivity index (χ4n) is 1.80. The quantitative estimate of drug-likeness (QED) is 0.779. The Bertz CT molecular complexity index is 696. The minimum atomic E-state index is -0.803. The molecule has 8 heteroatoms. The lowest BCUT2D eigenvalue weighted by Crippen LogP contribution is -2.47. The van der Waals surface area contributed by atoms with Crippen molar-refractivity contribution in [2.75, 3.05) is 6.61 Å². The van der Waals surface area contributed by atoms with E-state index in [9.17, 15) is 9.59 Å². The van der Waals surface area contributed by atoms with Crippen molar-refractivity contribution in [1.29, 1.82) is 0 Å². The van der Waals surface area contributed by atoms with Gasteiger partial charge in [-0.05, 0) is 45.0 Å². The van der Waals surface area contributed by atoms with Gasteiger partial charge in [0.05, 0.1) is 6.61 Å². The fourth-order valence-corrected chi connectivity index (χ4v) is 1.80. The maximum absolute atomic E-state index is 11.9. The molecule has 24 heavy (non-hydrogen) atoms. The summed E-state index contributed by atoms with van der Waals surface area (Å²) in [5.41, 5.74) is 4.59. The highest BCUT2D eigenvalue weighted by atomic mass is 16.5. The van der Waals surface area contributed by atoms with Gasteiger partial charge in [0.25, 0.3) is 11.8 Å². The van der Waals surface area contributed by atoms with Gasteiger partial charge in [0.1, 0.15) is 17.3 Å². The van der Waals surface area contributed by atoms with Crippen molar-refractivity contribution >= 4 is 11.8 Å². The second-order valence-electron chi connectivity index (χ2n) is 4.93. The average molecular weight is 333 g/mol. The van der Waals surface area contributed by atoms with Crippen LogP contribution in [0.4, 0.5) is 0 Å². The molecule has 2 N–H and O–H groups in total. The Labute approximate surface area is 139 Å². The molecule has 0 bridgehead atoms. The number of hydrogen-bond acceptors (Lipinski definition) is 6. The van der Waals surface area contributed by atoms with Crippen LogP contribution in [0.2, 0.25) is 0 Å². The van der Waals surface area contributed by atoms with E-state index >= 15 is 0 Å². The van der Waals surface area contributed by atoms with Crippen LogP contribution in [-0.4, -0.2) is 29.7 Å². The molecule has 0 radical (unpaired) electrons. The van der Waals surface area contributed by atoms with E-state index in [-0.39, 0.29) is 5.69 Å². The number of nitrogens with one attached hydrogen (secondary N) is 2. The van der Waals surface area contributed by atoms with Gasteiger partial charge in [-0.3, -0.25) is 20.4 Å². The molecule has 0 saturated heterocycles. The number of carbonyl (C=O) groups is 2. The number of nitrogens with zero attached hydrogens (tertiary/aromatic N) is 1. The maximum Gasteiger partial charge on any atom is 0.291 e. The predicted molar refractivity (Wildman–Crippen MR) is 84.5 cm³/mol. The van der Waals surface area contributed by atoms with Crippen LogP contribution in [0.1, 0.15) is 30.1 Å². The van der Waals surface area contributed by atoms with E-state index in [1.165, 1.54) is 6.07 Å². The van der Waals surface area contributed by atoms with Gasteiger partial charge >= 0.3 is 0 Å². The highest BCUT2D eigenvalue weighted by molar-refractivity contribution is 5.94.